The Labute approximate surface area is 225 Å². The van der Waals surface area contributed by atoms with E-state index in [-0.39, 0.29) is 36.4 Å². The fraction of sp³-hybridized carbons (Fsp3) is 0.429. The van der Waals surface area contributed by atoms with Gasteiger partial charge in [0, 0.05) is 56.9 Å². The summed E-state index contributed by atoms with van der Waals surface area (Å²) < 4.78 is 27.7. The second kappa shape index (κ2) is 10.4. The molecular weight excluding hydrogens is 508 g/mol. The van der Waals surface area contributed by atoms with Gasteiger partial charge < -0.3 is 20.0 Å². The minimum Gasteiger partial charge on any atom is -0.337 e. The van der Waals surface area contributed by atoms with Crippen molar-refractivity contribution in [2.45, 2.75) is 37.8 Å². The highest BCUT2D eigenvalue weighted by molar-refractivity contribution is 6.07. The summed E-state index contributed by atoms with van der Waals surface area (Å²) in [6.45, 7) is 1.29. The number of halogens is 2. The Morgan fingerprint density at radius 3 is 2.38 bits per heavy atom. The van der Waals surface area contributed by atoms with E-state index in [0.717, 1.165) is 42.4 Å². The topological polar surface area (TPSA) is 103 Å². The standard InChI is InChI=1S/C28H31F2N5O4/c1-33-7-5-18(6-8-33)25(37)35(15-17-9-21(29)12-22(30)10-17)16-24(36)31-23-4-3-19-13-28(14-20(19)11-23)26(38)32-27(39)34(28)2/h3-4,9-12,18H,5-8,13-16H2,1-2H3,(H,31,36)(H,32,38,39)/p+1. The fourth-order valence-corrected chi connectivity index (χ4v) is 5.90. The highest BCUT2D eigenvalue weighted by Crippen LogP contribution is 2.38. The Bertz CT molecular complexity index is 1320. The van der Waals surface area contributed by atoms with Crippen LogP contribution in [-0.2, 0) is 33.8 Å². The summed E-state index contributed by atoms with van der Waals surface area (Å²) in [4.78, 5) is 55.2. The smallest absolute Gasteiger partial charge is 0.324 e. The van der Waals surface area contributed by atoms with Crippen LogP contribution in [0.4, 0.5) is 19.3 Å². The van der Waals surface area contributed by atoms with Crippen molar-refractivity contribution in [3.63, 3.8) is 0 Å². The van der Waals surface area contributed by atoms with E-state index < -0.39 is 29.1 Å². The summed E-state index contributed by atoms with van der Waals surface area (Å²) in [5, 5.41) is 5.18. The van der Waals surface area contributed by atoms with Crippen LogP contribution in [-0.4, -0.2) is 72.8 Å². The number of likely N-dealkylation sites (N-methyl/N-ethyl adjacent to an activating group) is 1. The number of quaternary nitrogens is 1. The van der Waals surface area contributed by atoms with E-state index in [1.165, 1.54) is 14.7 Å². The number of anilines is 1. The van der Waals surface area contributed by atoms with Gasteiger partial charge in [-0.15, -0.1) is 0 Å². The molecule has 3 N–H and O–H groups in total. The fourth-order valence-electron chi connectivity index (χ4n) is 5.90. The SMILES string of the molecule is CN1C(=O)NC(=O)C12Cc1ccc(NC(=O)CN(Cc3cc(F)cc(F)c3)C(=O)C3CC[NH+](C)CC3)cc1C2. The zero-order chi connectivity index (χ0) is 27.9. The lowest BCUT2D eigenvalue weighted by Gasteiger charge is -2.31. The van der Waals surface area contributed by atoms with Gasteiger partial charge in [0.1, 0.15) is 23.7 Å². The molecular formula is C28H32F2N5O4+. The molecule has 0 bridgehead atoms. The lowest BCUT2D eigenvalue weighted by atomic mass is 9.95. The monoisotopic (exact) mass is 540 g/mol. The highest BCUT2D eigenvalue weighted by Gasteiger charge is 2.54. The van der Waals surface area contributed by atoms with Crippen LogP contribution >= 0.6 is 0 Å². The first-order chi connectivity index (χ1) is 18.5. The summed E-state index contributed by atoms with van der Waals surface area (Å²) >= 11 is 0. The van der Waals surface area contributed by atoms with E-state index >= 15 is 0 Å². The third-order valence-electron chi connectivity index (χ3n) is 8.18. The van der Waals surface area contributed by atoms with Crippen molar-refractivity contribution < 1.29 is 32.9 Å². The molecule has 1 atom stereocenters. The first kappa shape index (κ1) is 26.7. The van der Waals surface area contributed by atoms with Crippen molar-refractivity contribution in [3.05, 3.63) is 64.7 Å². The molecule has 2 aromatic rings. The van der Waals surface area contributed by atoms with Crippen molar-refractivity contribution in [1.29, 1.82) is 0 Å². The van der Waals surface area contributed by atoms with E-state index in [1.807, 2.05) is 6.07 Å². The average molecular weight is 541 g/mol. The van der Waals surface area contributed by atoms with Gasteiger partial charge in [0.05, 0.1) is 20.1 Å². The number of fused-ring (bicyclic) bond motifs is 1. The zero-order valence-electron chi connectivity index (χ0n) is 22.0. The highest BCUT2D eigenvalue weighted by atomic mass is 19.1. The second-order valence-electron chi connectivity index (χ2n) is 10.9. The molecule has 2 fully saturated rings. The molecule has 2 aliphatic heterocycles. The molecule has 0 aromatic heterocycles. The van der Waals surface area contributed by atoms with Gasteiger partial charge in [-0.3, -0.25) is 19.7 Å². The molecule has 1 spiro atoms. The van der Waals surface area contributed by atoms with E-state index in [4.69, 9.17) is 0 Å². The van der Waals surface area contributed by atoms with Crippen LogP contribution < -0.4 is 15.5 Å². The van der Waals surface area contributed by atoms with Gasteiger partial charge >= 0.3 is 6.03 Å². The number of hydrogen-bond acceptors (Lipinski definition) is 4. The van der Waals surface area contributed by atoms with Crippen LogP contribution in [0.15, 0.2) is 36.4 Å². The number of carbonyl (C=O) groups is 4. The number of hydrogen-bond donors (Lipinski definition) is 3. The zero-order valence-corrected chi connectivity index (χ0v) is 22.0. The maximum atomic E-state index is 13.8. The van der Waals surface area contributed by atoms with Crippen molar-refractivity contribution in [2.75, 3.05) is 39.0 Å². The van der Waals surface area contributed by atoms with Crippen molar-refractivity contribution in [2.24, 2.45) is 5.92 Å². The maximum Gasteiger partial charge on any atom is 0.324 e. The lowest BCUT2D eigenvalue weighted by molar-refractivity contribution is -0.885. The van der Waals surface area contributed by atoms with Gasteiger partial charge in [0.25, 0.3) is 5.91 Å². The summed E-state index contributed by atoms with van der Waals surface area (Å²) in [5.74, 6) is -2.74. The van der Waals surface area contributed by atoms with Gasteiger partial charge in [-0.05, 0) is 41.0 Å². The average Bonchev–Trinajstić information content (AvgIpc) is 3.35. The molecule has 9 nitrogen and oxygen atoms in total. The van der Waals surface area contributed by atoms with Crippen LogP contribution in [0, 0.1) is 17.6 Å². The van der Waals surface area contributed by atoms with Gasteiger partial charge in [0.2, 0.25) is 11.8 Å². The van der Waals surface area contributed by atoms with Gasteiger partial charge in [-0.1, -0.05) is 6.07 Å². The number of imide groups is 1. The van der Waals surface area contributed by atoms with Crippen LogP contribution in [0.5, 0.6) is 0 Å². The minimum absolute atomic E-state index is 0.0949. The first-order valence-electron chi connectivity index (χ1n) is 13.1. The van der Waals surface area contributed by atoms with Crippen molar-refractivity contribution in [1.82, 2.24) is 15.1 Å². The van der Waals surface area contributed by atoms with Crippen LogP contribution in [0.2, 0.25) is 0 Å². The Kier molecular flexibility index (Phi) is 7.11. The number of urea groups is 1. The van der Waals surface area contributed by atoms with Gasteiger partial charge in [-0.25, -0.2) is 13.6 Å². The molecule has 0 radical (unpaired) electrons. The van der Waals surface area contributed by atoms with Crippen LogP contribution in [0.1, 0.15) is 29.5 Å². The number of benzene rings is 2. The molecule has 1 unspecified atom stereocenters. The van der Waals surface area contributed by atoms with E-state index in [2.05, 4.69) is 17.7 Å². The minimum atomic E-state index is -0.971. The van der Waals surface area contributed by atoms with E-state index in [0.29, 0.717) is 31.4 Å². The maximum absolute atomic E-state index is 13.8. The second-order valence-corrected chi connectivity index (χ2v) is 10.9. The van der Waals surface area contributed by atoms with Crippen LogP contribution in [0.25, 0.3) is 0 Å². The van der Waals surface area contributed by atoms with Crippen molar-refractivity contribution in [3.8, 4) is 0 Å². The van der Waals surface area contributed by atoms with Gasteiger partial charge in [-0.2, -0.15) is 0 Å². The Morgan fingerprint density at radius 2 is 1.74 bits per heavy atom. The summed E-state index contributed by atoms with van der Waals surface area (Å²) in [6.07, 6.45) is 2.07. The quantitative estimate of drug-likeness (QED) is 0.474. The molecule has 5 amide bonds. The van der Waals surface area contributed by atoms with E-state index in [1.54, 1.807) is 19.2 Å². The number of rotatable bonds is 6. The number of likely N-dealkylation sites (tertiary alicyclic amines) is 1. The van der Waals surface area contributed by atoms with Gasteiger partial charge in [0.15, 0.2) is 0 Å². The molecule has 1 aliphatic carbocycles. The first-order valence-corrected chi connectivity index (χ1v) is 13.1. The molecule has 0 saturated carbocycles. The molecule has 2 aromatic carbocycles. The predicted octanol–water partition coefficient (Wildman–Crippen LogP) is 0.876. The van der Waals surface area contributed by atoms with Crippen LogP contribution in [0.3, 0.4) is 0 Å². The Morgan fingerprint density at radius 1 is 1.08 bits per heavy atom. The van der Waals surface area contributed by atoms with Crippen molar-refractivity contribution >= 4 is 29.4 Å². The number of amides is 5. The molecule has 5 rings (SSSR count). The normalized spacial score (nSPS) is 24.1. The number of piperidine rings is 1. The molecule has 206 valence electrons. The Hall–Kier alpha value is -3.86. The summed E-state index contributed by atoms with van der Waals surface area (Å²) in [5.41, 5.74) is 1.56. The molecule has 3 aliphatic rings. The largest absolute Gasteiger partial charge is 0.337 e. The Balaban J connectivity index is 1.30. The number of nitrogens with one attached hydrogen (secondary N) is 3. The third-order valence-corrected chi connectivity index (χ3v) is 8.18. The summed E-state index contributed by atoms with van der Waals surface area (Å²) in [6, 6.07) is 7.98. The van der Waals surface area contributed by atoms with E-state index in [9.17, 15) is 28.0 Å². The summed E-state index contributed by atoms with van der Waals surface area (Å²) in [7, 11) is 3.66. The lowest BCUT2D eigenvalue weighted by Crippen LogP contribution is -3.10. The molecule has 2 heterocycles. The number of carbonyl (C=O) groups excluding carboxylic acids is 4. The molecule has 11 heteroatoms. The number of nitrogens with zero attached hydrogens (tertiary/aromatic N) is 2. The molecule has 39 heavy (non-hydrogen) atoms. The molecule has 2 saturated heterocycles. The predicted molar refractivity (Wildman–Crippen MR) is 138 cm³/mol. The third kappa shape index (κ3) is 5.36.